The van der Waals surface area contributed by atoms with E-state index in [2.05, 4.69) is 56.0 Å². The predicted octanol–water partition coefficient (Wildman–Crippen LogP) is 6.16. The normalized spacial score (nSPS) is 42.9. The maximum Gasteiger partial charge on any atom is 0.0845 e. The van der Waals surface area contributed by atoms with Crippen molar-refractivity contribution >= 4 is 28.8 Å². The summed E-state index contributed by atoms with van der Waals surface area (Å²) in [5.74, 6) is 2.17. The molecule has 0 spiro atoms. The summed E-state index contributed by atoms with van der Waals surface area (Å²) in [6.45, 7) is 9.07. The SMILES string of the molecule is CCC1(CCCl)C2CC3(c4ccccc4)C[C@H]1CC2(C(=S)N1CC[C@H](N)C(C)(C)C1)C3. The number of benzene rings is 1. The Bertz CT molecular complexity index is 856. The number of piperidine rings is 1. The Morgan fingerprint density at radius 3 is 2.58 bits per heavy atom. The summed E-state index contributed by atoms with van der Waals surface area (Å²) in [6.07, 6.45) is 8.54. The van der Waals surface area contributed by atoms with Crippen LogP contribution in [0.1, 0.15) is 71.3 Å². The van der Waals surface area contributed by atoms with Crippen LogP contribution in [0.5, 0.6) is 0 Å². The number of likely N-dealkylation sites (tertiary alicyclic amines) is 1. The van der Waals surface area contributed by atoms with Gasteiger partial charge in [0, 0.05) is 30.4 Å². The van der Waals surface area contributed by atoms with Crippen LogP contribution in [0.4, 0.5) is 0 Å². The minimum atomic E-state index is 0.115. The minimum absolute atomic E-state index is 0.115. The van der Waals surface area contributed by atoms with Crippen LogP contribution in [0.2, 0.25) is 0 Å². The van der Waals surface area contributed by atoms with Crippen molar-refractivity contribution in [2.24, 2.45) is 33.8 Å². The summed E-state index contributed by atoms with van der Waals surface area (Å²) >= 11 is 12.9. The van der Waals surface area contributed by atoms with Gasteiger partial charge in [-0.05, 0) is 78.6 Å². The van der Waals surface area contributed by atoms with Gasteiger partial charge in [-0.1, -0.05) is 63.3 Å². The molecule has 6 rings (SSSR count). The Morgan fingerprint density at radius 2 is 1.94 bits per heavy atom. The van der Waals surface area contributed by atoms with E-state index in [9.17, 15) is 0 Å². The van der Waals surface area contributed by atoms with Gasteiger partial charge in [-0.15, -0.1) is 11.6 Å². The lowest BCUT2D eigenvalue weighted by molar-refractivity contribution is 0.0453. The summed E-state index contributed by atoms with van der Waals surface area (Å²) in [4.78, 5) is 3.84. The van der Waals surface area contributed by atoms with Gasteiger partial charge in [-0.3, -0.25) is 0 Å². The highest BCUT2D eigenvalue weighted by atomic mass is 35.5. The van der Waals surface area contributed by atoms with Gasteiger partial charge in [0.15, 0.2) is 0 Å². The molecule has 0 aromatic heterocycles. The quantitative estimate of drug-likeness (QED) is 0.423. The fraction of sp³-hybridized carbons (Fsp3) is 0.741. The molecule has 1 aromatic carbocycles. The van der Waals surface area contributed by atoms with Crippen LogP contribution >= 0.6 is 23.8 Å². The van der Waals surface area contributed by atoms with Crippen molar-refractivity contribution in [2.45, 2.75) is 77.2 Å². The van der Waals surface area contributed by atoms with Gasteiger partial charge < -0.3 is 10.6 Å². The molecule has 0 radical (unpaired) electrons. The molecule has 4 saturated carbocycles. The average molecular weight is 459 g/mol. The maximum atomic E-state index is 6.48. The van der Waals surface area contributed by atoms with Gasteiger partial charge in [-0.2, -0.15) is 0 Å². The van der Waals surface area contributed by atoms with E-state index in [1.807, 2.05) is 0 Å². The van der Waals surface area contributed by atoms with Crippen molar-refractivity contribution in [1.29, 1.82) is 0 Å². The molecule has 170 valence electrons. The third-order valence-corrected chi connectivity index (χ3v) is 11.2. The molecule has 4 unspecified atom stereocenters. The van der Waals surface area contributed by atoms with Gasteiger partial charge in [0.25, 0.3) is 0 Å². The first kappa shape index (κ1) is 22.2. The van der Waals surface area contributed by atoms with Crippen molar-refractivity contribution in [1.82, 2.24) is 4.90 Å². The van der Waals surface area contributed by atoms with Crippen molar-refractivity contribution in [3.63, 3.8) is 0 Å². The molecule has 31 heavy (non-hydrogen) atoms. The van der Waals surface area contributed by atoms with E-state index in [0.29, 0.717) is 16.7 Å². The summed E-state index contributed by atoms with van der Waals surface area (Å²) < 4.78 is 0. The molecule has 6 atom stereocenters. The summed E-state index contributed by atoms with van der Waals surface area (Å²) in [6, 6.07) is 11.6. The Hall–Kier alpha value is -0.640. The van der Waals surface area contributed by atoms with Crippen LogP contribution < -0.4 is 5.73 Å². The second-order valence-electron chi connectivity index (χ2n) is 12.0. The largest absolute Gasteiger partial charge is 0.365 e. The van der Waals surface area contributed by atoms with Gasteiger partial charge in [0.2, 0.25) is 0 Å². The fourth-order valence-electron chi connectivity index (χ4n) is 8.75. The molecule has 2 N–H and O–H groups in total. The lowest BCUT2D eigenvalue weighted by Gasteiger charge is -2.49. The molecule has 5 fully saturated rings. The highest BCUT2D eigenvalue weighted by Gasteiger charge is 2.74. The van der Waals surface area contributed by atoms with Crippen LogP contribution in [-0.4, -0.2) is 34.9 Å². The lowest BCUT2D eigenvalue weighted by atomic mass is 9.55. The van der Waals surface area contributed by atoms with Crippen molar-refractivity contribution in [2.75, 3.05) is 19.0 Å². The Balaban J connectivity index is 1.55. The standard InChI is InChI=1S/C27H39ClN2S/c1-4-26(11-12-28)20-14-25(19-8-6-5-7-9-19)16-21(26)27(15-20,17-25)23(31)30-13-10-22(29)24(2,3)18-30/h5-9,20-22H,4,10-18,29H2,1-3H3/t20-,21?,22-,25?,26?,27?/m0/s1. The third-order valence-electron chi connectivity index (χ3n) is 10.3. The Kier molecular flexibility index (Phi) is 5.32. The average Bonchev–Trinajstić information content (AvgIpc) is 3.12. The molecular formula is C27H39ClN2S. The van der Waals surface area contributed by atoms with Crippen LogP contribution in [0.3, 0.4) is 0 Å². The van der Waals surface area contributed by atoms with Gasteiger partial charge in [0.1, 0.15) is 0 Å². The van der Waals surface area contributed by atoms with Gasteiger partial charge >= 0.3 is 0 Å². The number of nitrogens with two attached hydrogens (primary N) is 1. The third kappa shape index (κ3) is 3.02. The molecule has 2 nitrogen and oxygen atoms in total. The van der Waals surface area contributed by atoms with Crippen molar-refractivity contribution < 1.29 is 0 Å². The van der Waals surface area contributed by atoms with E-state index in [1.54, 1.807) is 5.56 Å². The number of hydrogen-bond acceptors (Lipinski definition) is 2. The minimum Gasteiger partial charge on any atom is -0.365 e. The summed E-state index contributed by atoms with van der Waals surface area (Å²) in [5.41, 5.74) is 8.96. The molecule has 1 heterocycles. The number of halogens is 1. The zero-order valence-electron chi connectivity index (χ0n) is 19.5. The first-order valence-electron chi connectivity index (χ1n) is 12.4. The molecular weight excluding hydrogens is 420 g/mol. The highest BCUT2D eigenvalue weighted by Crippen LogP contribution is 2.78. The second kappa shape index (κ2) is 7.43. The predicted molar refractivity (Wildman–Crippen MR) is 135 cm³/mol. The van der Waals surface area contributed by atoms with Gasteiger partial charge in [0.05, 0.1) is 4.99 Å². The monoisotopic (exact) mass is 458 g/mol. The van der Waals surface area contributed by atoms with Crippen LogP contribution in [-0.2, 0) is 5.41 Å². The highest BCUT2D eigenvalue weighted by molar-refractivity contribution is 7.80. The lowest BCUT2D eigenvalue weighted by Crippen LogP contribution is -2.57. The molecule has 5 aliphatic rings. The number of alkyl halides is 1. The fourth-order valence-corrected chi connectivity index (χ4v) is 9.56. The molecule has 1 aromatic rings. The number of rotatable bonds is 5. The van der Waals surface area contributed by atoms with Crippen LogP contribution in [0.15, 0.2) is 30.3 Å². The van der Waals surface area contributed by atoms with Crippen molar-refractivity contribution in [3.8, 4) is 0 Å². The first-order valence-corrected chi connectivity index (χ1v) is 13.3. The Labute approximate surface area is 199 Å². The Morgan fingerprint density at radius 1 is 1.19 bits per heavy atom. The van der Waals surface area contributed by atoms with E-state index in [-0.39, 0.29) is 16.9 Å². The molecule has 4 aliphatic carbocycles. The molecule has 0 amide bonds. The smallest absolute Gasteiger partial charge is 0.0845 e. The topological polar surface area (TPSA) is 29.3 Å². The molecule has 1 aliphatic heterocycles. The van der Waals surface area contributed by atoms with E-state index in [4.69, 9.17) is 29.6 Å². The summed E-state index contributed by atoms with van der Waals surface area (Å²) in [7, 11) is 0. The van der Waals surface area contributed by atoms with E-state index in [1.165, 1.54) is 37.1 Å². The zero-order chi connectivity index (χ0) is 22.1. The van der Waals surface area contributed by atoms with E-state index < -0.39 is 0 Å². The number of hydrogen-bond donors (Lipinski definition) is 1. The second-order valence-corrected chi connectivity index (χ2v) is 12.7. The number of thiocarbonyl (C=S) groups is 1. The molecule has 4 heteroatoms. The van der Waals surface area contributed by atoms with Gasteiger partial charge in [-0.25, -0.2) is 0 Å². The van der Waals surface area contributed by atoms with Crippen molar-refractivity contribution in [3.05, 3.63) is 35.9 Å². The van der Waals surface area contributed by atoms with E-state index in [0.717, 1.165) is 37.7 Å². The molecule has 1 saturated heterocycles. The zero-order valence-corrected chi connectivity index (χ0v) is 21.1. The van der Waals surface area contributed by atoms with E-state index >= 15 is 0 Å². The maximum absolute atomic E-state index is 6.48. The number of nitrogens with zero attached hydrogens (tertiary/aromatic N) is 1. The first-order chi connectivity index (χ1) is 14.7. The van der Waals surface area contributed by atoms with Crippen LogP contribution in [0, 0.1) is 28.1 Å². The van der Waals surface area contributed by atoms with Crippen LogP contribution in [0.25, 0.3) is 0 Å². The summed E-state index contributed by atoms with van der Waals surface area (Å²) in [5, 5.41) is 0. The molecule has 4 bridgehead atoms.